The molecule has 1 unspecified atom stereocenters. The first-order chi connectivity index (χ1) is 8.16. The summed E-state index contributed by atoms with van der Waals surface area (Å²) in [5.41, 5.74) is 2.28. The Morgan fingerprint density at radius 2 is 2.00 bits per heavy atom. The predicted octanol–water partition coefficient (Wildman–Crippen LogP) is 3.52. The molecule has 1 aromatic carbocycles. The molecule has 3 heteroatoms. The summed E-state index contributed by atoms with van der Waals surface area (Å²) < 4.78 is 5.37. The second kappa shape index (κ2) is 4.95. The van der Waals surface area contributed by atoms with E-state index < -0.39 is 0 Å². The third-order valence-corrected chi connectivity index (χ3v) is 2.72. The molecule has 2 rings (SSSR count). The van der Waals surface area contributed by atoms with E-state index in [0.29, 0.717) is 0 Å². The Morgan fingerprint density at radius 3 is 2.65 bits per heavy atom. The van der Waals surface area contributed by atoms with Gasteiger partial charge in [0.05, 0.1) is 12.3 Å². The van der Waals surface area contributed by atoms with Crippen LogP contribution in [-0.2, 0) is 0 Å². The fourth-order valence-electron chi connectivity index (χ4n) is 1.73. The second-order valence-electron chi connectivity index (χ2n) is 4.33. The minimum atomic E-state index is 0.169. The Morgan fingerprint density at radius 1 is 1.18 bits per heavy atom. The van der Waals surface area contributed by atoms with Gasteiger partial charge in [-0.2, -0.15) is 0 Å². The van der Waals surface area contributed by atoms with E-state index in [2.05, 4.69) is 35.3 Å². The Hall–Kier alpha value is -1.90. The van der Waals surface area contributed by atoms with E-state index in [9.17, 15) is 0 Å². The van der Waals surface area contributed by atoms with Crippen molar-refractivity contribution in [3.8, 4) is 0 Å². The summed E-state index contributed by atoms with van der Waals surface area (Å²) in [7, 11) is 4.07. The third-order valence-electron chi connectivity index (χ3n) is 2.72. The van der Waals surface area contributed by atoms with Gasteiger partial charge in [-0.1, -0.05) is 6.07 Å². The molecule has 90 valence electrons. The molecule has 1 aromatic heterocycles. The molecule has 17 heavy (non-hydrogen) atoms. The topological polar surface area (TPSA) is 28.4 Å². The van der Waals surface area contributed by atoms with E-state index in [4.69, 9.17) is 4.42 Å². The van der Waals surface area contributed by atoms with E-state index >= 15 is 0 Å². The van der Waals surface area contributed by atoms with Crippen molar-refractivity contribution < 1.29 is 4.42 Å². The number of benzene rings is 1. The average molecular weight is 230 g/mol. The molecule has 0 saturated carbocycles. The Bertz CT molecular complexity index is 463. The SMILES string of the molecule is CC(Nc1cccc(N(C)C)c1)c1ccco1. The van der Waals surface area contributed by atoms with E-state index in [1.54, 1.807) is 6.26 Å². The zero-order valence-corrected chi connectivity index (χ0v) is 10.5. The van der Waals surface area contributed by atoms with E-state index in [1.165, 1.54) is 5.69 Å². The molecule has 0 radical (unpaired) electrons. The molecular formula is C14H18N2O. The summed E-state index contributed by atoms with van der Waals surface area (Å²) in [4.78, 5) is 2.09. The molecule has 1 atom stereocenters. The number of hydrogen-bond acceptors (Lipinski definition) is 3. The van der Waals surface area contributed by atoms with Crippen molar-refractivity contribution in [1.29, 1.82) is 0 Å². The highest BCUT2D eigenvalue weighted by molar-refractivity contribution is 5.57. The second-order valence-corrected chi connectivity index (χ2v) is 4.33. The van der Waals surface area contributed by atoms with Gasteiger partial charge in [-0.05, 0) is 37.3 Å². The van der Waals surface area contributed by atoms with Crippen LogP contribution in [0.1, 0.15) is 18.7 Å². The highest BCUT2D eigenvalue weighted by atomic mass is 16.3. The first-order valence-electron chi connectivity index (χ1n) is 5.74. The minimum Gasteiger partial charge on any atom is -0.467 e. The van der Waals surface area contributed by atoms with Crippen LogP contribution in [-0.4, -0.2) is 14.1 Å². The number of hydrogen-bond donors (Lipinski definition) is 1. The maximum atomic E-state index is 5.37. The molecule has 0 bridgehead atoms. The molecule has 0 aliphatic rings. The summed E-state index contributed by atoms with van der Waals surface area (Å²) in [5, 5.41) is 3.42. The molecule has 0 fully saturated rings. The van der Waals surface area contributed by atoms with Crippen LogP contribution < -0.4 is 10.2 Å². The van der Waals surface area contributed by atoms with Gasteiger partial charge >= 0.3 is 0 Å². The molecule has 3 nitrogen and oxygen atoms in total. The van der Waals surface area contributed by atoms with Gasteiger partial charge in [0.25, 0.3) is 0 Å². The highest BCUT2D eigenvalue weighted by Gasteiger charge is 2.08. The van der Waals surface area contributed by atoms with Crippen LogP contribution >= 0.6 is 0 Å². The molecule has 1 N–H and O–H groups in total. The largest absolute Gasteiger partial charge is 0.467 e. The fourth-order valence-corrected chi connectivity index (χ4v) is 1.73. The zero-order chi connectivity index (χ0) is 12.3. The lowest BCUT2D eigenvalue weighted by Gasteiger charge is -2.17. The number of nitrogens with one attached hydrogen (secondary N) is 1. The highest BCUT2D eigenvalue weighted by Crippen LogP contribution is 2.22. The maximum absolute atomic E-state index is 5.37. The maximum Gasteiger partial charge on any atom is 0.125 e. The minimum absolute atomic E-state index is 0.169. The van der Waals surface area contributed by atoms with Crippen LogP contribution in [0.4, 0.5) is 11.4 Å². The van der Waals surface area contributed by atoms with Gasteiger partial charge in [0.15, 0.2) is 0 Å². The number of nitrogens with zero attached hydrogens (tertiary/aromatic N) is 1. The molecule has 0 saturated heterocycles. The molecular weight excluding hydrogens is 212 g/mol. The third kappa shape index (κ3) is 2.81. The van der Waals surface area contributed by atoms with Crippen molar-refractivity contribution in [2.45, 2.75) is 13.0 Å². The predicted molar refractivity (Wildman–Crippen MR) is 71.5 cm³/mol. The van der Waals surface area contributed by atoms with Gasteiger partial charge in [-0.3, -0.25) is 0 Å². The van der Waals surface area contributed by atoms with E-state index in [-0.39, 0.29) is 6.04 Å². The van der Waals surface area contributed by atoms with Crippen molar-refractivity contribution in [3.05, 3.63) is 48.4 Å². The standard InChI is InChI=1S/C14H18N2O/c1-11(14-8-5-9-17-14)15-12-6-4-7-13(10-12)16(2)3/h4-11,15H,1-3H3. The van der Waals surface area contributed by atoms with Crippen LogP contribution in [0.3, 0.4) is 0 Å². The van der Waals surface area contributed by atoms with Crippen molar-refractivity contribution in [2.75, 3.05) is 24.3 Å². The van der Waals surface area contributed by atoms with Crippen molar-refractivity contribution >= 4 is 11.4 Å². The average Bonchev–Trinajstić information content (AvgIpc) is 2.82. The van der Waals surface area contributed by atoms with Gasteiger partial charge in [0.2, 0.25) is 0 Å². The number of furan rings is 1. The monoisotopic (exact) mass is 230 g/mol. The fraction of sp³-hybridized carbons (Fsp3) is 0.286. The summed E-state index contributed by atoms with van der Waals surface area (Å²) in [6, 6.07) is 12.4. The van der Waals surface area contributed by atoms with Crippen LogP contribution in [0.2, 0.25) is 0 Å². The van der Waals surface area contributed by atoms with E-state index in [0.717, 1.165) is 11.4 Å². The zero-order valence-electron chi connectivity index (χ0n) is 10.5. The quantitative estimate of drug-likeness (QED) is 0.871. The van der Waals surface area contributed by atoms with Crippen molar-refractivity contribution in [2.24, 2.45) is 0 Å². The smallest absolute Gasteiger partial charge is 0.125 e. The van der Waals surface area contributed by atoms with E-state index in [1.807, 2.05) is 32.3 Å². The summed E-state index contributed by atoms with van der Waals surface area (Å²) in [6.45, 7) is 2.08. The molecule has 0 spiro atoms. The van der Waals surface area contributed by atoms with Crippen molar-refractivity contribution in [1.82, 2.24) is 0 Å². The molecule has 1 heterocycles. The van der Waals surface area contributed by atoms with Crippen LogP contribution in [0.15, 0.2) is 47.1 Å². The summed E-state index contributed by atoms with van der Waals surface area (Å²) >= 11 is 0. The van der Waals surface area contributed by atoms with Gasteiger partial charge in [-0.25, -0.2) is 0 Å². The van der Waals surface area contributed by atoms with Gasteiger partial charge in [0.1, 0.15) is 5.76 Å². The summed E-state index contributed by atoms with van der Waals surface area (Å²) in [5.74, 6) is 0.945. The van der Waals surface area contributed by atoms with Gasteiger partial charge in [-0.15, -0.1) is 0 Å². The van der Waals surface area contributed by atoms with Gasteiger partial charge < -0.3 is 14.6 Å². The number of rotatable bonds is 4. The Labute approximate surface area is 102 Å². The van der Waals surface area contributed by atoms with Crippen LogP contribution in [0, 0.1) is 0 Å². The first kappa shape index (κ1) is 11.6. The molecule has 0 amide bonds. The Kier molecular flexibility index (Phi) is 3.38. The lowest BCUT2D eigenvalue weighted by Crippen LogP contribution is -2.10. The van der Waals surface area contributed by atoms with Crippen molar-refractivity contribution in [3.63, 3.8) is 0 Å². The Balaban J connectivity index is 2.11. The number of anilines is 2. The van der Waals surface area contributed by atoms with Gasteiger partial charge in [0, 0.05) is 25.5 Å². The first-order valence-corrected chi connectivity index (χ1v) is 5.74. The van der Waals surface area contributed by atoms with Crippen LogP contribution in [0.25, 0.3) is 0 Å². The lowest BCUT2D eigenvalue weighted by molar-refractivity contribution is 0.490. The normalized spacial score (nSPS) is 12.2. The summed E-state index contributed by atoms with van der Waals surface area (Å²) in [6.07, 6.45) is 1.70. The lowest BCUT2D eigenvalue weighted by atomic mass is 10.2. The molecule has 0 aliphatic heterocycles. The molecule has 0 aliphatic carbocycles. The molecule has 2 aromatic rings. The van der Waals surface area contributed by atoms with Crippen LogP contribution in [0.5, 0.6) is 0 Å².